The summed E-state index contributed by atoms with van der Waals surface area (Å²) >= 11 is 0. The van der Waals surface area contributed by atoms with E-state index in [1.807, 2.05) is 0 Å². The van der Waals surface area contributed by atoms with Gasteiger partial charge in [-0.3, -0.25) is 0 Å². The number of allylic oxidation sites excluding steroid dienone is 2. The zero-order valence-corrected chi connectivity index (χ0v) is 25.0. The molecule has 0 saturated carbocycles. The van der Waals surface area contributed by atoms with Gasteiger partial charge in [-0.05, 0) is 31.8 Å². The highest BCUT2D eigenvalue weighted by Gasteiger charge is 2.02. The van der Waals surface area contributed by atoms with Gasteiger partial charge in [0.2, 0.25) is 0 Å². The molecule has 0 aliphatic carbocycles. The molecule has 0 aliphatic heterocycles. The van der Waals surface area contributed by atoms with Crippen LogP contribution in [0.2, 0.25) is 0 Å². The fourth-order valence-corrected chi connectivity index (χ4v) is 5.25. The Hall–Kier alpha value is -0.460. The van der Waals surface area contributed by atoms with E-state index in [-0.39, 0.29) is 0 Å². The van der Waals surface area contributed by atoms with E-state index in [4.69, 9.17) is 0 Å². The van der Waals surface area contributed by atoms with E-state index in [2.05, 4.69) is 20.8 Å². The minimum Gasteiger partial charge on any atom is -0.512 e. The maximum atomic E-state index is 10.4. The lowest BCUT2D eigenvalue weighted by Crippen LogP contribution is -1.91. The van der Waals surface area contributed by atoms with Gasteiger partial charge in [0.05, 0.1) is 5.76 Å². The van der Waals surface area contributed by atoms with E-state index in [0.29, 0.717) is 5.76 Å². The first-order chi connectivity index (χ1) is 17.2. The van der Waals surface area contributed by atoms with Crippen LogP contribution in [0.4, 0.5) is 0 Å². The number of aliphatic hydroxyl groups excluding tert-OH is 1. The molecule has 0 saturated heterocycles. The van der Waals surface area contributed by atoms with E-state index < -0.39 is 0 Å². The predicted molar refractivity (Wildman–Crippen MR) is 161 cm³/mol. The Kier molecular flexibility index (Phi) is 29.4. The normalized spacial score (nSPS) is 12.3. The molecule has 0 rings (SSSR count). The molecule has 1 N–H and O–H groups in total. The molecule has 1 heteroatoms. The van der Waals surface area contributed by atoms with Gasteiger partial charge in [-0.15, -0.1) is 0 Å². The van der Waals surface area contributed by atoms with Crippen LogP contribution in [0.25, 0.3) is 0 Å². The first-order valence-corrected chi connectivity index (χ1v) is 16.6. The van der Waals surface area contributed by atoms with Crippen molar-refractivity contribution < 1.29 is 5.11 Å². The molecule has 0 spiro atoms. The van der Waals surface area contributed by atoms with Gasteiger partial charge in [-0.2, -0.15) is 0 Å². The van der Waals surface area contributed by atoms with Crippen molar-refractivity contribution >= 4 is 0 Å². The molecular formula is C34H68O. The van der Waals surface area contributed by atoms with Crippen LogP contribution in [0.5, 0.6) is 0 Å². The third-order valence-electron chi connectivity index (χ3n) is 7.92. The average molecular weight is 493 g/mol. The molecule has 0 aromatic rings. The van der Waals surface area contributed by atoms with Crippen LogP contribution < -0.4 is 0 Å². The van der Waals surface area contributed by atoms with Crippen molar-refractivity contribution in [1.82, 2.24) is 0 Å². The average Bonchev–Trinajstić information content (AvgIpc) is 2.86. The monoisotopic (exact) mass is 493 g/mol. The molecule has 0 heterocycles. The Morgan fingerprint density at radius 2 is 0.571 bits per heavy atom. The second kappa shape index (κ2) is 29.8. The van der Waals surface area contributed by atoms with Gasteiger partial charge in [-0.1, -0.05) is 174 Å². The second-order valence-corrected chi connectivity index (χ2v) is 11.6. The molecule has 0 bridgehead atoms. The smallest absolute Gasteiger partial charge is 0.0911 e. The zero-order chi connectivity index (χ0) is 25.7. The van der Waals surface area contributed by atoms with Crippen LogP contribution in [0.1, 0.15) is 207 Å². The molecule has 210 valence electrons. The topological polar surface area (TPSA) is 20.2 Å². The van der Waals surface area contributed by atoms with Crippen molar-refractivity contribution in [2.75, 3.05) is 0 Å². The van der Waals surface area contributed by atoms with Crippen LogP contribution in [-0.4, -0.2) is 5.11 Å². The van der Waals surface area contributed by atoms with E-state index >= 15 is 0 Å². The van der Waals surface area contributed by atoms with Crippen LogP contribution in [0.3, 0.4) is 0 Å². The quantitative estimate of drug-likeness (QED) is 0.0812. The lowest BCUT2D eigenvalue weighted by molar-refractivity contribution is 0.369. The van der Waals surface area contributed by atoms with Crippen molar-refractivity contribution in [3.63, 3.8) is 0 Å². The largest absolute Gasteiger partial charge is 0.512 e. The second-order valence-electron chi connectivity index (χ2n) is 11.6. The third-order valence-corrected chi connectivity index (χ3v) is 7.92. The van der Waals surface area contributed by atoms with Crippen LogP contribution in [0, 0.1) is 0 Å². The predicted octanol–water partition coefficient (Wildman–Crippen LogP) is 13.2. The van der Waals surface area contributed by atoms with E-state index in [9.17, 15) is 5.11 Å². The highest BCUT2D eigenvalue weighted by atomic mass is 16.3. The summed E-state index contributed by atoms with van der Waals surface area (Å²) in [5, 5.41) is 10.4. The Balaban J connectivity index is 3.35. The molecule has 0 aliphatic rings. The minimum atomic E-state index is 0.697. The van der Waals surface area contributed by atoms with Crippen molar-refractivity contribution in [3.05, 3.63) is 11.3 Å². The molecule has 0 atom stereocenters. The molecule has 1 nitrogen and oxygen atoms in total. The third kappa shape index (κ3) is 28.0. The molecule has 0 amide bonds. The van der Waals surface area contributed by atoms with Gasteiger partial charge in [0.1, 0.15) is 0 Å². The van der Waals surface area contributed by atoms with Crippen LogP contribution in [-0.2, 0) is 0 Å². The molecule has 0 fully saturated rings. The summed E-state index contributed by atoms with van der Waals surface area (Å²) in [6, 6.07) is 0. The summed E-state index contributed by atoms with van der Waals surface area (Å²) in [5.74, 6) is 0.697. The number of rotatable bonds is 29. The van der Waals surface area contributed by atoms with Gasteiger partial charge in [0.15, 0.2) is 0 Å². The Bertz CT molecular complexity index is 424. The summed E-state index contributed by atoms with van der Waals surface area (Å²) < 4.78 is 0. The van der Waals surface area contributed by atoms with Crippen molar-refractivity contribution in [2.45, 2.75) is 207 Å². The maximum absolute atomic E-state index is 10.4. The summed E-state index contributed by atoms with van der Waals surface area (Å²) in [7, 11) is 0. The van der Waals surface area contributed by atoms with Gasteiger partial charge in [0, 0.05) is 6.42 Å². The molecule has 0 aromatic heterocycles. The van der Waals surface area contributed by atoms with Crippen LogP contribution >= 0.6 is 0 Å². The zero-order valence-electron chi connectivity index (χ0n) is 25.0. The Labute approximate surface area is 223 Å². The van der Waals surface area contributed by atoms with Crippen molar-refractivity contribution in [1.29, 1.82) is 0 Å². The molecular weight excluding hydrogens is 424 g/mol. The SMILES string of the molecule is CCCCCCCCCCCCCCCCCCC(O)=C(C)CCCCCCCCCCCCC. The first kappa shape index (κ1) is 34.5. The standard InChI is InChI=1S/C34H68O/c1-4-6-8-10-12-14-16-17-18-19-20-22-24-26-28-30-32-34(35)33(3)31-29-27-25-23-21-15-13-11-9-7-5-2/h35H,4-32H2,1-3H3. The van der Waals surface area contributed by atoms with Crippen LogP contribution in [0.15, 0.2) is 11.3 Å². The summed E-state index contributed by atoms with van der Waals surface area (Å²) in [5.41, 5.74) is 1.25. The number of hydrogen-bond acceptors (Lipinski definition) is 1. The Morgan fingerprint density at radius 3 is 0.857 bits per heavy atom. The van der Waals surface area contributed by atoms with E-state index in [1.165, 1.54) is 179 Å². The highest BCUT2D eigenvalue weighted by molar-refractivity contribution is 5.04. The highest BCUT2D eigenvalue weighted by Crippen LogP contribution is 2.19. The molecule has 35 heavy (non-hydrogen) atoms. The fraction of sp³-hybridized carbons (Fsp3) is 0.941. The molecule has 0 unspecified atom stereocenters. The maximum Gasteiger partial charge on any atom is 0.0911 e. The summed E-state index contributed by atoms with van der Waals surface area (Å²) in [6.07, 6.45) is 39.8. The van der Waals surface area contributed by atoms with Gasteiger partial charge in [0.25, 0.3) is 0 Å². The number of aliphatic hydroxyl groups is 1. The number of unbranched alkanes of at least 4 members (excludes halogenated alkanes) is 25. The van der Waals surface area contributed by atoms with Gasteiger partial charge < -0.3 is 5.11 Å². The molecule has 0 aromatic carbocycles. The van der Waals surface area contributed by atoms with Gasteiger partial charge >= 0.3 is 0 Å². The van der Waals surface area contributed by atoms with Gasteiger partial charge in [-0.25, -0.2) is 0 Å². The van der Waals surface area contributed by atoms with Crippen molar-refractivity contribution in [2.24, 2.45) is 0 Å². The summed E-state index contributed by atoms with van der Waals surface area (Å²) in [4.78, 5) is 0. The van der Waals surface area contributed by atoms with E-state index in [0.717, 1.165) is 12.8 Å². The number of hydrogen-bond donors (Lipinski definition) is 1. The summed E-state index contributed by atoms with van der Waals surface area (Å²) in [6.45, 7) is 6.74. The van der Waals surface area contributed by atoms with Crippen molar-refractivity contribution in [3.8, 4) is 0 Å². The lowest BCUT2D eigenvalue weighted by atomic mass is 10.0. The van der Waals surface area contributed by atoms with E-state index in [1.54, 1.807) is 0 Å². The fourth-order valence-electron chi connectivity index (χ4n) is 5.25. The first-order valence-electron chi connectivity index (χ1n) is 16.6. The Morgan fingerprint density at radius 1 is 0.343 bits per heavy atom. The lowest BCUT2D eigenvalue weighted by Gasteiger charge is -2.07. The minimum absolute atomic E-state index is 0.697. The molecule has 0 radical (unpaired) electrons.